The van der Waals surface area contributed by atoms with Gasteiger partial charge in [-0.1, -0.05) is 12.1 Å². The van der Waals surface area contributed by atoms with Crippen LogP contribution in [0.25, 0.3) is 0 Å². The predicted molar refractivity (Wildman–Crippen MR) is 126 cm³/mol. The Morgan fingerprint density at radius 1 is 1.19 bits per heavy atom. The van der Waals surface area contributed by atoms with E-state index in [1.807, 2.05) is 17.0 Å². The number of carbonyl (C=O) groups is 1. The minimum absolute atomic E-state index is 0.157. The van der Waals surface area contributed by atoms with Gasteiger partial charge in [-0.15, -0.1) is 0 Å². The molecule has 1 amide bonds. The molecule has 0 unspecified atom stereocenters. The van der Waals surface area contributed by atoms with E-state index in [1.165, 1.54) is 22.4 Å². The Kier molecular flexibility index (Phi) is 6.94. The van der Waals surface area contributed by atoms with Gasteiger partial charge in [0.25, 0.3) is 0 Å². The van der Waals surface area contributed by atoms with Crippen LogP contribution in [0, 0.1) is 13.8 Å². The summed E-state index contributed by atoms with van der Waals surface area (Å²) >= 11 is 0. The van der Waals surface area contributed by atoms with Crippen LogP contribution in [0.3, 0.4) is 0 Å². The van der Waals surface area contributed by atoms with Crippen LogP contribution in [0.1, 0.15) is 53.9 Å². The van der Waals surface area contributed by atoms with E-state index in [2.05, 4.69) is 37.2 Å². The first-order valence-corrected chi connectivity index (χ1v) is 11.7. The lowest BCUT2D eigenvalue weighted by Crippen LogP contribution is -2.37. The number of benzene rings is 1. The molecule has 2 aliphatic heterocycles. The summed E-state index contributed by atoms with van der Waals surface area (Å²) in [5.74, 6) is 3.27. The van der Waals surface area contributed by atoms with E-state index < -0.39 is 0 Å². The molecule has 172 valence electrons. The summed E-state index contributed by atoms with van der Waals surface area (Å²) in [7, 11) is 2.14. The second-order valence-electron chi connectivity index (χ2n) is 9.10. The Morgan fingerprint density at radius 3 is 2.72 bits per heavy atom. The Hall–Kier alpha value is -2.67. The van der Waals surface area contributed by atoms with Gasteiger partial charge in [0.2, 0.25) is 5.91 Å². The molecule has 2 aromatic rings. The Morgan fingerprint density at radius 2 is 1.97 bits per heavy atom. The van der Waals surface area contributed by atoms with E-state index in [4.69, 9.17) is 14.7 Å². The number of likely N-dealkylation sites (N-methyl/N-ethyl adjacent to an activating group) is 1. The zero-order valence-electron chi connectivity index (χ0n) is 19.8. The number of amides is 1. The highest BCUT2D eigenvalue weighted by molar-refractivity contribution is 5.73. The lowest BCUT2D eigenvalue weighted by Gasteiger charge is -2.32. The molecule has 3 heterocycles. The standard InChI is InChI=1S/C25H35N5O2/c1-17-6-5-7-23(18(17)2)32-15-11-26-25-21-16-29(4)12-10-22(21)27-24(28-25)20-8-13-30(14-9-20)19(3)31/h5-7,20H,8-16H2,1-4H3,(H,26,27,28). The van der Waals surface area contributed by atoms with Crippen molar-refractivity contribution in [3.8, 4) is 5.75 Å². The van der Waals surface area contributed by atoms with Crippen molar-refractivity contribution in [1.29, 1.82) is 0 Å². The summed E-state index contributed by atoms with van der Waals surface area (Å²) in [6.45, 7) is 10.6. The molecular weight excluding hydrogens is 402 g/mol. The van der Waals surface area contributed by atoms with Crippen molar-refractivity contribution in [3.63, 3.8) is 0 Å². The molecule has 0 saturated carbocycles. The Bertz CT molecular complexity index is 969. The third kappa shape index (κ3) is 5.04. The fourth-order valence-corrected chi connectivity index (χ4v) is 4.56. The maximum absolute atomic E-state index is 11.7. The highest BCUT2D eigenvalue weighted by Gasteiger charge is 2.27. The molecule has 1 aromatic heterocycles. The number of fused-ring (bicyclic) bond motifs is 1. The molecule has 0 atom stereocenters. The van der Waals surface area contributed by atoms with Crippen LogP contribution in [0.4, 0.5) is 5.82 Å². The number of piperidine rings is 1. The van der Waals surface area contributed by atoms with Gasteiger partial charge < -0.3 is 19.9 Å². The lowest BCUT2D eigenvalue weighted by molar-refractivity contribution is -0.129. The van der Waals surface area contributed by atoms with Crippen LogP contribution in [0.2, 0.25) is 0 Å². The van der Waals surface area contributed by atoms with Gasteiger partial charge in [0.15, 0.2) is 0 Å². The van der Waals surface area contributed by atoms with Gasteiger partial charge >= 0.3 is 0 Å². The SMILES string of the molecule is CC(=O)N1CCC(c2nc3c(c(NCCOc4cccc(C)c4C)n2)CN(C)CC3)CC1. The van der Waals surface area contributed by atoms with Crippen LogP contribution in [0.5, 0.6) is 5.75 Å². The van der Waals surface area contributed by atoms with Crippen molar-refractivity contribution in [2.45, 2.75) is 52.5 Å². The van der Waals surface area contributed by atoms with Crippen molar-refractivity contribution in [2.75, 3.05) is 45.2 Å². The fourth-order valence-electron chi connectivity index (χ4n) is 4.56. The Labute approximate surface area is 191 Å². The number of anilines is 1. The van der Waals surface area contributed by atoms with Gasteiger partial charge in [0, 0.05) is 51.0 Å². The second kappa shape index (κ2) is 9.86. The molecule has 7 nitrogen and oxygen atoms in total. The third-order valence-electron chi connectivity index (χ3n) is 6.78. The molecule has 0 radical (unpaired) electrons. The molecule has 1 aromatic carbocycles. The van der Waals surface area contributed by atoms with E-state index in [0.29, 0.717) is 19.1 Å². The summed E-state index contributed by atoms with van der Waals surface area (Å²) in [4.78, 5) is 25.9. The van der Waals surface area contributed by atoms with Crippen molar-refractivity contribution in [3.05, 3.63) is 46.4 Å². The highest BCUT2D eigenvalue weighted by atomic mass is 16.5. The summed E-state index contributed by atoms with van der Waals surface area (Å²) in [5.41, 5.74) is 4.80. The average Bonchev–Trinajstić information content (AvgIpc) is 2.79. The zero-order chi connectivity index (χ0) is 22.7. The number of hydrogen-bond acceptors (Lipinski definition) is 6. The van der Waals surface area contributed by atoms with Crippen LogP contribution in [-0.2, 0) is 17.8 Å². The maximum atomic E-state index is 11.7. The van der Waals surface area contributed by atoms with E-state index in [1.54, 1.807) is 6.92 Å². The number of rotatable bonds is 6. The molecule has 0 spiro atoms. The number of ether oxygens (including phenoxy) is 1. The largest absolute Gasteiger partial charge is 0.491 e. The number of aryl methyl sites for hydroxylation is 1. The second-order valence-corrected chi connectivity index (χ2v) is 9.10. The van der Waals surface area contributed by atoms with E-state index in [-0.39, 0.29) is 5.91 Å². The van der Waals surface area contributed by atoms with Crippen molar-refractivity contribution in [2.24, 2.45) is 0 Å². The minimum atomic E-state index is 0.157. The van der Waals surface area contributed by atoms with Gasteiger partial charge in [-0.2, -0.15) is 0 Å². The molecule has 7 heteroatoms. The summed E-state index contributed by atoms with van der Waals surface area (Å²) in [5, 5.41) is 3.54. The van der Waals surface area contributed by atoms with E-state index >= 15 is 0 Å². The highest BCUT2D eigenvalue weighted by Crippen LogP contribution is 2.30. The molecule has 0 aliphatic carbocycles. The van der Waals surface area contributed by atoms with E-state index in [0.717, 1.165) is 62.8 Å². The number of likely N-dealkylation sites (tertiary alicyclic amines) is 1. The first-order chi connectivity index (χ1) is 15.4. The molecule has 2 aliphatic rings. The fraction of sp³-hybridized carbons (Fsp3) is 0.560. The van der Waals surface area contributed by atoms with Crippen LogP contribution in [-0.4, -0.2) is 65.5 Å². The summed E-state index contributed by atoms with van der Waals surface area (Å²) < 4.78 is 6.03. The number of carbonyl (C=O) groups excluding carboxylic acids is 1. The van der Waals surface area contributed by atoms with Crippen LogP contribution < -0.4 is 10.1 Å². The molecule has 0 bridgehead atoms. The first kappa shape index (κ1) is 22.5. The molecule has 1 N–H and O–H groups in total. The van der Waals surface area contributed by atoms with Crippen LogP contribution >= 0.6 is 0 Å². The zero-order valence-corrected chi connectivity index (χ0v) is 19.8. The molecule has 1 saturated heterocycles. The van der Waals surface area contributed by atoms with Gasteiger partial charge in [-0.3, -0.25) is 4.79 Å². The van der Waals surface area contributed by atoms with Crippen LogP contribution in [0.15, 0.2) is 18.2 Å². The van der Waals surface area contributed by atoms with Gasteiger partial charge in [0.1, 0.15) is 24.0 Å². The normalized spacial score (nSPS) is 17.2. The van der Waals surface area contributed by atoms with E-state index in [9.17, 15) is 4.79 Å². The quantitative estimate of drug-likeness (QED) is 0.700. The number of aromatic nitrogens is 2. The molecule has 32 heavy (non-hydrogen) atoms. The first-order valence-electron chi connectivity index (χ1n) is 11.7. The average molecular weight is 438 g/mol. The van der Waals surface area contributed by atoms with Gasteiger partial charge in [0.05, 0.1) is 12.2 Å². The number of hydrogen-bond donors (Lipinski definition) is 1. The molecule has 1 fully saturated rings. The summed E-state index contributed by atoms with van der Waals surface area (Å²) in [6.07, 6.45) is 2.79. The predicted octanol–water partition coefficient (Wildman–Crippen LogP) is 3.30. The third-order valence-corrected chi connectivity index (χ3v) is 6.78. The Balaban J connectivity index is 1.46. The maximum Gasteiger partial charge on any atom is 0.219 e. The number of nitrogens with zero attached hydrogens (tertiary/aromatic N) is 4. The van der Waals surface area contributed by atoms with Crippen molar-refractivity contribution < 1.29 is 9.53 Å². The van der Waals surface area contributed by atoms with Gasteiger partial charge in [-0.25, -0.2) is 9.97 Å². The number of nitrogens with one attached hydrogen (secondary N) is 1. The lowest BCUT2D eigenvalue weighted by atomic mass is 9.95. The topological polar surface area (TPSA) is 70.6 Å². The monoisotopic (exact) mass is 437 g/mol. The van der Waals surface area contributed by atoms with Crippen molar-refractivity contribution in [1.82, 2.24) is 19.8 Å². The molecular formula is C25H35N5O2. The smallest absolute Gasteiger partial charge is 0.219 e. The van der Waals surface area contributed by atoms with Crippen molar-refractivity contribution >= 4 is 11.7 Å². The summed E-state index contributed by atoms with van der Waals surface area (Å²) in [6, 6.07) is 6.16. The minimum Gasteiger partial charge on any atom is -0.491 e. The van der Waals surface area contributed by atoms with Gasteiger partial charge in [-0.05, 0) is 50.9 Å². The molecule has 4 rings (SSSR count).